The van der Waals surface area contributed by atoms with E-state index in [0.717, 1.165) is 6.07 Å². The highest BCUT2D eigenvalue weighted by atomic mass is 19.4. The molecule has 0 bridgehead atoms. The summed E-state index contributed by atoms with van der Waals surface area (Å²) < 4.78 is 79.1. The number of hydrogen-bond donors (Lipinski definition) is 2. The summed E-state index contributed by atoms with van der Waals surface area (Å²) in [5, 5.41) is 4.97. The fourth-order valence-electron chi connectivity index (χ4n) is 4.79. The van der Waals surface area contributed by atoms with E-state index in [9.17, 15) is 31.1 Å². The summed E-state index contributed by atoms with van der Waals surface area (Å²) in [6.45, 7) is 0.413. The average Bonchev–Trinajstić information content (AvgIpc) is 2.93. The van der Waals surface area contributed by atoms with E-state index in [1.807, 2.05) is 12.2 Å². The van der Waals surface area contributed by atoms with Crippen LogP contribution in [0.4, 0.5) is 32.0 Å². The van der Waals surface area contributed by atoms with Gasteiger partial charge in [-0.25, -0.2) is 13.2 Å². The Morgan fingerprint density at radius 2 is 1.74 bits per heavy atom. The second-order valence-electron chi connectivity index (χ2n) is 8.42. The highest BCUT2D eigenvalue weighted by Gasteiger charge is 2.55. The van der Waals surface area contributed by atoms with Crippen LogP contribution in [0.15, 0.2) is 36.4 Å². The summed E-state index contributed by atoms with van der Waals surface area (Å²) in [7, 11) is 0. The molecule has 1 fully saturated rings. The lowest BCUT2D eigenvalue weighted by Crippen LogP contribution is -2.49. The van der Waals surface area contributed by atoms with Crippen LogP contribution in [0.2, 0.25) is 0 Å². The van der Waals surface area contributed by atoms with Gasteiger partial charge in [0.15, 0.2) is 0 Å². The van der Waals surface area contributed by atoms with Crippen molar-refractivity contribution in [1.82, 2.24) is 5.32 Å². The largest absolute Gasteiger partial charge is 0.405 e. The Labute approximate surface area is 174 Å². The molecule has 1 aliphatic carbocycles. The van der Waals surface area contributed by atoms with Gasteiger partial charge in [-0.2, -0.15) is 13.2 Å². The molecule has 1 amide bonds. The van der Waals surface area contributed by atoms with E-state index in [4.69, 9.17) is 0 Å². The number of amides is 1. The Morgan fingerprint density at radius 1 is 1.10 bits per heavy atom. The van der Waals surface area contributed by atoms with Crippen LogP contribution in [-0.2, 0) is 10.2 Å². The van der Waals surface area contributed by atoms with Crippen molar-refractivity contribution in [3.63, 3.8) is 0 Å². The van der Waals surface area contributed by atoms with Crippen molar-refractivity contribution < 1.29 is 31.1 Å². The summed E-state index contributed by atoms with van der Waals surface area (Å²) in [5.41, 5.74) is 0.350. The molecule has 4 rings (SSSR count). The lowest BCUT2D eigenvalue weighted by Gasteiger charge is -2.48. The Balaban J connectivity index is 1.62. The fraction of sp³-hybridized carbons (Fsp3) is 0.409. The van der Waals surface area contributed by atoms with Gasteiger partial charge in [0.2, 0.25) is 5.91 Å². The second kappa shape index (κ2) is 7.46. The molecular weight excluding hydrogens is 422 g/mol. The van der Waals surface area contributed by atoms with Crippen molar-refractivity contribution >= 4 is 11.6 Å². The summed E-state index contributed by atoms with van der Waals surface area (Å²) in [5.74, 6) is -3.47. The number of nitrogens with one attached hydrogen (secondary N) is 2. The minimum Gasteiger partial charge on any atom is -0.375 e. The van der Waals surface area contributed by atoms with Gasteiger partial charge in [0.25, 0.3) is 0 Å². The van der Waals surface area contributed by atoms with Crippen LogP contribution in [0.25, 0.3) is 0 Å². The van der Waals surface area contributed by atoms with Gasteiger partial charge in [-0.3, -0.25) is 4.79 Å². The van der Waals surface area contributed by atoms with Gasteiger partial charge >= 0.3 is 6.18 Å². The van der Waals surface area contributed by atoms with Crippen LogP contribution in [-0.4, -0.2) is 18.6 Å². The molecular formula is C22H20F6N2O. The highest BCUT2D eigenvalue weighted by Crippen LogP contribution is 2.59. The monoisotopic (exact) mass is 442 g/mol. The maximum absolute atomic E-state index is 14.5. The minimum absolute atomic E-state index is 0.142. The number of hydrogen-bond acceptors (Lipinski definition) is 2. The molecule has 166 valence electrons. The van der Waals surface area contributed by atoms with Crippen LogP contribution in [0, 0.1) is 29.3 Å². The van der Waals surface area contributed by atoms with Gasteiger partial charge in [-0.15, -0.1) is 0 Å². The molecule has 1 aliphatic heterocycles. The van der Waals surface area contributed by atoms with Crippen molar-refractivity contribution in [2.45, 2.75) is 37.4 Å². The lowest BCUT2D eigenvalue weighted by molar-refractivity contribution is -0.144. The molecule has 2 aromatic carbocycles. The van der Waals surface area contributed by atoms with Crippen LogP contribution < -0.4 is 10.6 Å². The first-order chi connectivity index (χ1) is 14.5. The maximum Gasteiger partial charge on any atom is 0.405 e. The quantitative estimate of drug-likeness (QED) is 0.637. The van der Waals surface area contributed by atoms with Gasteiger partial charge in [0.1, 0.15) is 24.0 Å². The normalized spacial score (nSPS) is 27.3. The molecule has 2 aliphatic rings. The number of rotatable bonds is 4. The Morgan fingerprint density at radius 3 is 2.35 bits per heavy atom. The standard InChI is InChI=1S/C22H20F6N2O/c1-21(13-6-12(7-13)20(31)29-10-22(26,27)28)16-8-15(24)9-17(25)18(16)30-19(21)11-2-4-14(23)5-3-11/h2-5,8-9,12-13,19,30H,6-7,10H2,1H3,(H,29,31)/t12-,13-,19?,21?. The number of fused-ring (bicyclic) bond motifs is 1. The molecule has 0 spiro atoms. The van der Waals surface area contributed by atoms with E-state index in [-0.39, 0.29) is 24.4 Å². The molecule has 9 heteroatoms. The number of anilines is 1. The third kappa shape index (κ3) is 3.85. The second-order valence-corrected chi connectivity index (χ2v) is 8.42. The van der Waals surface area contributed by atoms with Gasteiger partial charge in [-0.05, 0) is 48.1 Å². The molecule has 0 radical (unpaired) electrons. The molecule has 0 saturated heterocycles. The van der Waals surface area contributed by atoms with E-state index in [2.05, 4.69) is 5.32 Å². The van der Waals surface area contributed by atoms with Crippen LogP contribution in [0.5, 0.6) is 0 Å². The van der Waals surface area contributed by atoms with Crippen molar-refractivity contribution in [2.75, 3.05) is 11.9 Å². The van der Waals surface area contributed by atoms with Crippen molar-refractivity contribution in [2.24, 2.45) is 11.8 Å². The zero-order valence-electron chi connectivity index (χ0n) is 16.5. The molecule has 1 saturated carbocycles. The summed E-state index contributed by atoms with van der Waals surface area (Å²) in [6, 6.07) is 7.13. The van der Waals surface area contributed by atoms with E-state index >= 15 is 0 Å². The molecule has 3 nitrogen and oxygen atoms in total. The van der Waals surface area contributed by atoms with Crippen molar-refractivity contribution in [3.05, 3.63) is 65.0 Å². The number of alkyl halides is 3. The lowest BCUT2D eigenvalue weighted by atomic mass is 9.56. The molecule has 2 N–H and O–H groups in total. The summed E-state index contributed by atoms with van der Waals surface area (Å²) in [4.78, 5) is 12.1. The molecule has 0 aromatic heterocycles. The Hall–Kier alpha value is -2.71. The predicted octanol–water partition coefficient (Wildman–Crippen LogP) is 5.23. The van der Waals surface area contributed by atoms with Gasteiger partial charge < -0.3 is 10.6 Å². The van der Waals surface area contributed by atoms with Gasteiger partial charge in [-0.1, -0.05) is 19.1 Å². The zero-order valence-corrected chi connectivity index (χ0v) is 16.5. The first-order valence-electron chi connectivity index (χ1n) is 9.85. The molecule has 2 atom stereocenters. The smallest absolute Gasteiger partial charge is 0.375 e. The van der Waals surface area contributed by atoms with Crippen molar-refractivity contribution in [1.29, 1.82) is 0 Å². The van der Waals surface area contributed by atoms with E-state index < -0.39 is 53.5 Å². The van der Waals surface area contributed by atoms with Crippen LogP contribution in [0.1, 0.15) is 36.9 Å². The number of carbonyl (C=O) groups is 1. The summed E-state index contributed by atoms with van der Waals surface area (Å²) in [6.07, 6.45) is -3.95. The first kappa shape index (κ1) is 21.5. The SMILES string of the molecule is CC1([C@H]2C[C@H](C(=O)NCC(F)(F)F)C2)c2cc(F)cc(F)c2NC1c1ccc(F)cc1. The number of carbonyl (C=O) groups excluding carboxylic acids is 1. The predicted molar refractivity (Wildman–Crippen MR) is 102 cm³/mol. The van der Waals surface area contributed by atoms with Gasteiger partial charge in [0, 0.05) is 17.4 Å². The van der Waals surface area contributed by atoms with Crippen LogP contribution in [0.3, 0.4) is 0 Å². The number of benzene rings is 2. The Kier molecular flexibility index (Phi) is 5.18. The number of halogens is 6. The summed E-state index contributed by atoms with van der Waals surface area (Å²) >= 11 is 0. The average molecular weight is 442 g/mol. The zero-order chi connectivity index (χ0) is 22.6. The highest BCUT2D eigenvalue weighted by molar-refractivity contribution is 5.80. The molecule has 2 unspecified atom stereocenters. The van der Waals surface area contributed by atoms with Crippen LogP contribution >= 0.6 is 0 Å². The third-order valence-electron chi connectivity index (χ3n) is 6.55. The minimum atomic E-state index is -4.50. The van der Waals surface area contributed by atoms with E-state index in [0.29, 0.717) is 11.1 Å². The molecule has 31 heavy (non-hydrogen) atoms. The maximum atomic E-state index is 14.5. The first-order valence-corrected chi connectivity index (χ1v) is 9.85. The van der Waals surface area contributed by atoms with E-state index in [1.54, 1.807) is 12.1 Å². The van der Waals surface area contributed by atoms with Crippen molar-refractivity contribution in [3.8, 4) is 0 Å². The Bertz CT molecular complexity index is 1000. The molecule has 2 aromatic rings. The van der Waals surface area contributed by atoms with E-state index in [1.165, 1.54) is 18.2 Å². The topological polar surface area (TPSA) is 41.1 Å². The fourth-order valence-corrected chi connectivity index (χ4v) is 4.79. The molecule has 1 heterocycles. The third-order valence-corrected chi connectivity index (χ3v) is 6.55. The van der Waals surface area contributed by atoms with Gasteiger partial charge in [0.05, 0.1) is 11.7 Å².